The molecule has 0 spiro atoms. The molecular weight excluding hydrogens is 427 g/mol. The van der Waals surface area contributed by atoms with Crippen molar-refractivity contribution in [2.75, 3.05) is 11.9 Å². The molecule has 1 N–H and O–H groups in total. The number of carbonyl (C=O) groups excluding carboxylic acids is 1. The summed E-state index contributed by atoms with van der Waals surface area (Å²) in [6.45, 7) is 1.66. The molecular formula is C21H16ClFN4O2S. The van der Waals surface area contributed by atoms with Gasteiger partial charge in [-0.2, -0.15) is 9.78 Å². The van der Waals surface area contributed by atoms with E-state index in [9.17, 15) is 9.18 Å². The van der Waals surface area contributed by atoms with Gasteiger partial charge in [-0.25, -0.2) is 9.37 Å². The number of amides is 1. The van der Waals surface area contributed by atoms with Crippen molar-refractivity contribution in [3.8, 4) is 22.1 Å². The molecule has 4 rings (SSSR count). The molecule has 4 aromatic rings. The Hall–Kier alpha value is -3.23. The molecule has 152 valence electrons. The maximum atomic E-state index is 13.2. The summed E-state index contributed by atoms with van der Waals surface area (Å²) >= 11 is 7.21. The lowest BCUT2D eigenvalue weighted by molar-refractivity contribution is -0.118. The number of aromatic nitrogens is 3. The van der Waals surface area contributed by atoms with Gasteiger partial charge in [0, 0.05) is 22.0 Å². The highest BCUT2D eigenvalue weighted by atomic mass is 35.5. The van der Waals surface area contributed by atoms with Crippen LogP contribution in [0, 0.1) is 12.7 Å². The maximum Gasteiger partial charge on any atom is 0.263 e. The highest BCUT2D eigenvalue weighted by Crippen LogP contribution is 2.26. The Kier molecular flexibility index (Phi) is 5.78. The van der Waals surface area contributed by atoms with Gasteiger partial charge in [-0.15, -0.1) is 11.3 Å². The molecule has 0 saturated carbocycles. The average molecular weight is 443 g/mol. The number of hydrogen-bond donors (Lipinski definition) is 1. The monoisotopic (exact) mass is 442 g/mol. The van der Waals surface area contributed by atoms with Crippen molar-refractivity contribution in [2.24, 2.45) is 0 Å². The average Bonchev–Trinajstić information content (AvgIpc) is 3.35. The lowest BCUT2D eigenvalue weighted by atomic mass is 10.2. The second-order valence-corrected chi connectivity index (χ2v) is 7.67. The Morgan fingerprint density at radius 3 is 2.67 bits per heavy atom. The first-order valence-corrected chi connectivity index (χ1v) is 10.2. The van der Waals surface area contributed by atoms with Crippen molar-refractivity contribution >= 4 is 34.7 Å². The molecule has 0 radical (unpaired) electrons. The fourth-order valence-corrected chi connectivity index (χ4v) is 3.63. The van der Waals surface area contributed by atoms with E-state index in [0.29, 0.717) is 27.4 Å². The van der Waals surface area contributed by atoms with Crippen molar-refractivity contribution in [2.45, 2.75) is 6.92 Å². The predicted octanol–water partition coefficient (Wildman–Crippen LogP) is 5.11. The van der Waals surface area contributed by atoms with Gasteiger partial charge in [0.15, 0.2) is 6.61 Å². The van der Waals surface area contributed by atoms with Gasteiger partial charge in [-0.1, -0.05) is 11.6 Å². The number of nitrogens with one attached hydrogen (secondary N) is 1. The van der Waals surface area contributed by atoms with Crippen LogP contribution < -0.4 is 10.1 Å². The van der Waals surface area contributed by atoms with E-state index in [4.69, 9.17) is 16.3 Å². The normalized spacial score (nSPS) is 10.8. The van der Waals surface area contributed by atoms with Crippen molar-refractivity contribution in [3.05, 3.63) is 76.5 Å². The third kappa shape index (κ3) is 4.67. The van der Waals surface area contributed by atoms with Crippen LogP contribution in [-0.2, 0) is 4.79 Å². The second-order valence-electron chi connectivity index (χ2n) is 6.40. The molecule has 1 amide bonds. The number of benzene rings is 2. The van der Waals surface area contributed by atoms with Crippen LogP contribution in [0.4, 0.5) is 10.2 Å². The largest absolute Gasteiger partial charge is 0.484 e. The molecule has 30 heavy (non-hydrogen) atoms. The quantitative estimate of drug-likeness (QED) is 0.450. The number of aryl methyl sites for hydroxylation is 1. The maximum absolute atomic E-state index is 13.2. The Morgan fingerprint density at radius 1 is 1.20 bits per heavy atom. The Bertz CT molecular complexity index is 1170. The van der Waals surface area contributed by atoms with Crippen molar-refractivity contribution in [3.63, 3.8) is 0 Å². The van der Waals surface area contributed by atoms with Crippen LogP contribution in [0.5, 0.6) is 5.75 Å². The lowest BCUT2D eigenvalue weighted by Gasteiger charge is -2.08. The SMILES string of the molecule is Cc1cc(NC(=O)COc2ccc(Cl)cc2)n(-c2nc(-c3ccc(F)cc3)cs2)n1. The summed E-state index contributed by atoms with van der Waals surface area (Å²) in [7, 11) is 0. The molecule has 2 aromatic heterocycles. The molecule has 0 saturated heterocycles. The summed E-state index contributed by atoms with van der Waals surface area (Å²) in [4.78, 5) is 16.9. The highest BCUT2D eigenvalue weighted by Gasteiger charge is 2.15. The third-order valence-corrected chi connectivity index (χ3v) is 5.16. The molecule has 0 bridgehead atoms. The number of rotatable bonds is 6. The number of thiazole rings is 1. The van der Waals surface area contributed by atoms with Gasteiger partial charge in [-0.05, 0) is 55.5 Å². The van der Waals surface area contributed by atoms with Crippen molar-refractivity contribution in [1.29, 1.82) is 0 Å². The number of halogens is 2. The fraction of sp³-hybridized carbons (Fsp3) is 0.0952. The topological polar surface area (TPSA) is 69.0 Å². The van der Waals surface area contributed by atoms with Crippen LogP contribution >= 0.6 is 22.9 Å². The number of anilines is 1. The van der Waals surface area contributed by atoms with Crippen LogP contribution in [0.2, 0.25) is 5.02 Å². The number of carbonyl (C=O) groups is 1. The Labute approximate surface area is 180 Å². The second kappa shape index (κ2) is 8.64. The minimum Gasteiger partial charge on any atom is -0.484 e. The van der Waals surface area contributed by atoms with Gasteiger partial charge in [0.1, 0.15) is 17.4 Å². The number of nitrogens with zero attached hydrogens (tertiary/aromatic N) is 3. The number of ether oxygens (including phenoxy) is 1. The van der Waals surface area contributed by atoms with Crippen LogP contribution in [-0.4, -0.2) is 27.3 Å². The Morgan fingerprint density at radius 2 is 1.93 bits per heavy atom. The first-order chi connectivity index (χ1) is 14.5. The summed E-state index contributed by atoms with van der Waals surface area (Å²) < 4.78 is 20.2. The van der Waals surface area contributed by atoms with E-state index in [-0.39, 0.29) is 18.3 Å². The van der Waals surface area contributed by atoms with Crippen LogP contribution in [0.3, 0.4) is 0 Å². The van der Waals surface area contributed by atoms with Gasteiger partial charge in [0.2, 0.25) is 5.13 Å². The zero-order chi connectivity index (χ0) is 21.1. The standard InChI is InChI=1S/C21H16ClFN4O2S/c1-13-10-19(25-20(28)11-29-17-8-4-15(22)5-9-17)27(26-13)21-24-18(12-30-21)14-2-6-16(23)7-3-14/h2-10,12H,11H2,1H3,(H,25,28). The van der Waals surface area contributed by atoms with Gasteiger partial charge in [0.25, 0.3) is 5.91 Å². The molecule has 9 heteroatoms. The minimum absolute atomic E-state index is 0.162. The third-order valence-electron chi connectivity index (χ3n) is 4.10. The van der Waals surface area contributed by atoms with E-state index in [1.165, 1.54) is 23.5 Å². The molecule has 0 aliphatic heterocycles. The molecule has 0 atom stereocenters. The summed E-state index contributed by atoms with van der Waals surface area (Å²) in [5.41, 5.74) is 2.22. The molecule has 6 nitrogen and oxygen atoms in total. The van der Waals surface area contributed by atoms with Gasteiger partial charge in [0.05, 0.1) is 11.4 Å². The van der Waals surface area contributed by atoms with E-state index in [1.807, 2.05) is 12.3 Å². The van der Waals surface area contributed by atoms with Gasteiger partial charge >= 0.3 is 0 Å². The number of hydrogen-bond acceptors (Lipinski definition) is 5. The molecule has 0 aliphatic rings. The zero-order valence-corrected chi connectivity index (χ0v) is 17.4. The van der Waals surface area contributed by atoms with Crippen molar-refractivity contribution < 1.29 is 13.9 Å². The molecule has 0 aliphatic carbocycles. The van der Waals surface area contributed by atoms with E-state index in [0.717, 1.165) is 11.3 Å². The van der Waals surface area contributed by atoms with Gasteiger partial charge in [-0.3, -0.25) is 4.79 Å². The predicted molar refractivity (Wildman–Crippen MR) is 115 cm³/mol. The van der Waals surface area contributed by atoms with E-state index in [2.05, 4.69) is 15.4 Å². The van der Waals surface area contributed by atoms with Crippen LogP contribution in [0.25, 0.3) is 16.4 Å². The first kappa shape index (κ1) is 20.1. The van der Waals surface area contributed by atoms with Gasteiger partial charge < -0.3 is 10.1 Å². The molecule has 0 fully saturated rings. The molecule has 0 unspecified atom stereocenters. The van der Waals surface area contributed by atoms with Crippen molar-refractivity contribution in [1.82, 2.24) is 14.8 Å². The first-order valence-electron chi connectivity index (χ1n) is 8.95. The summed E-state index contributed by atoms with van der Waals surface area (Å²) in [5.74, 6) is 0.393. The fourth-order valence-electron chi connectivity index (χ4n) is 2.71. The zero-order valence-electron chi connectivity index (χ0n) is 15.8. The molecule has 2 aromatic carbocycles. The Balaban J connectivity index is 1.48. The van der Waals surface area contributed by atoms with E-state index in [1.54, 1.807) is 47.1 Å². The minimum atomic E-state index is -0.332. The van der Waals surface area contributed by atoms with Crippen LogP contribution in [0.1, 0.15) is 5.69 Å². The highest BCUT2D eigenvalue weighted by molar-refractivity contribution is 7.12. The summed E-state index contributed by atoms with van der Waals surface area (Å²) in [6, 6.07) is 14.6. The van der Waals surface area contributed by atoms with E-state index >= 15 is 0 Å². The van der Waals surface area contributed by atoms with Crippen LogP contribution in [0.15, 0.2) is 60.0 Å². The molecule has 2 heterocycles. The summed E-state index contributed by atoms with van der Waals surface area (Å²) in [5, 5.41) is 10.2. The summed E-state index contributed by atoms with van der Waals surface area (Å²) in [6.07, 6.45) is 0. The van der Waals surface area contributed by atoms with E-state index < -0.39 is 0 Å². The lowest BCUT2D eigenvalue weighted by Crippen LogP contribution is -2.21. The smallest absolute Gasteiger partial charge is 0.263 e.